The van der Waals surface area contributed by atoms with Crippen LogP contribution in [0.3, 0.4) is 0 Å². The highest BCUT2D eigenvalue weighted by Gasteiger charge is 2.41. The summed E-state index contributed by atoms with van der Waals surface area (Å²) in [5.74, 6) is 0.715. The van der Waals surface area contributed by atoms with Gasteiger partial charge in [-0.3, -0.25) is 0 Å². The van der Waals surface area contributed by atoms with Crippen LogP contribution in [0.25, 0.3) is 0 Å². The van der Waals surface area contributed by atoms with Crippen molar-refractivity contribution >= 4 is 0 Å². The van der Waals surface area contributed by atoms with Gasteiger partial charge in [-0.2, -0.15) is 0 Å². The van der Waals surface area contributed by atoms with Gasteiger partial charge in [-0.15, -0.1) is 0 Å². The van der Waals surface area contributed by atoms with E-state index in [1.807, 2.05) is 0 Å². The van der Waals surface area contributed by atoms with Crippen LogP contribution < -0.4 is 5.32 Å². The average Bonchev–Trinajstić information content (AvgIpc) is 2.38. The molecule has 0 aromatic heterocycles. The van der Waals surface area contributed by atoms with E-state index in [2.05, 4.69) is 19.2 Å². The fourth-order valence-electron chi connectivity index (χ4n) is 3.35. The quantitative estimate of drug-likeness (QED) is 0.819. The summed E-state index contributed by atoms with van der Waals surface area (Å²) in [6, 6.07) is 0.497. The van der Waals surface area contributed by atoms with E-state index < -0.39 is 0 Å². The molecule has 2 atom stereocenters. The maximum atomic E-state index is 6.13. The molecule has 2 rings (SSSR count). The standard InChI is InChI=1S/C14H27NO2/c1-3-15-13(12-6-10-16-11-7-12)14(2)8-4-5-9-17-14/h12-13,15H,3-11H2,1-2H3. The van der Waals surface area contributed by atoms with E-state index in [1.54, 1.807) is 0 Å². The van der Waals surface area contributed by atoms with Gasteiger partial charge in [0.25, 0.3) is 0 Å². The van der Waals surface area contributed by atoms with Crippen molar-refractivity contribution in [2.24, 2.45) is 5.92 Å². The van der Waals surface area contributed by atoms with E-state index in [0.717, 1.165) is 26.4 Å². The van der Waals surface area contributed by atoms with E-state index in [-0.39, 0.29) is 5.60 Å². The third kappa shape index (κ3) is 3.21. The monoisotopic (exact) mass is 241 g/mol. The molecule has 3 heteroatoms. The minimum atomic E-state index is 0.0380. The van der Waals surface area contributed by atoms with Gasteiger partial charge in [-0.1, -0.05) is 6.92 Å². The molecule has 0 amide bonds. The largest absolute Gasteiger partial charge is 0.381 e. The minimum Gasteiger partial charge on any atom is -0.381 e. The summed E-state index contributed by atoms with van der Waals surface area (Å²) in [6.45, 7) is 8.29. The van der Waals surface area contributed by atoms with E-state index in [4.69, 9.17) is 9.47 Å². The summed E-state index contributed by atoms with van der Waals surface area (Å²) >= 11 is 0. The Morgan fingerprint density at radius 1 is 1.24 bits per heavy atom. The molecule has 2 fully saturated rings. The molecule has 3 nitrogen and oxygen atoms in total. The van der Waals surface area contributed by atoms with Crippen LogP contribution in [-0.4, -0.2) is 38.0 Å². The molecule has 0 radical (unpaired) electrons. The highest BCUT2D eigenvalue weighted by atomic mass is 16.5. The molecule has 2 heterocycles. The third-order valence-corrected chi connectivity index (χ3v) is 4.32. The predicted octanol–water partition coefficient (Wildman–Crippen LogP) is 2.35. The van der Waals surface area contributed by atoms with Crippen molar-refractivity contribution < 1.29 is 9.47 Å². The minimum absolute atomic E-state index is 0.0380. The zero-order valence-electron chi connectivity index (χ0n) is 11.3. The van der Waals surface area contributed by atoms with Gasteiger partial charge >= 0.3 is 0 Å². The second-order valence-electron chi connectivity index (χ2n) is 5.60. The summed E-state index contributed by atoms with van der Waals surface area (Å²) in [6.07, 6.45) is 6.08. The Morgan fingerprint density at radius 3 is 2.59 bits per heavy atom. The van der Waals surface area contributed by atoms with Gasteiger partial charge in [-0.25, -0.2) is 0 Å². The lowest BCUT2D eigenvalue weighted by molar-refractivity contribution is -0.109. The average molecular weight is 241 g/mol. The van der Waals surface area contributed by atoms with Gasteiger partial charge in [0.1, 0.15) is 0 Å². The second-order valence-corrected chi connectivity index (χ2v) is 5.60. The smallest absolute Gasteiger partial charge is 0.0809 e. The molecule has 0 aliphatic carbocycles. The summed E-state index contributed by atoms with van der Waals surface area (Å²) in [7, 11) is 0. The van der Waals surface area contributed by atoms with Gasteiger partial charge in [0.05, 0.1) is 5.60 Å². The topological polar surface area (TPSA) is 30.5 Å². The van der Waals surface area contributed by atoms with Crippen LogP contribution in [0.4, 0.5) is 0 Å². The first-order valence-electron chi connectivity index (χ1n) is 7.21. The molecule has 2 aliphatic heterocycles. The summed E-state index contributed by atoms with van der Waals surface area (Å²) in [5, 5.41) is 3.68. The van der Waals surface area contributed by atoms with Crippen molar-refractivity contribution in [2.75, 3.05) is 26.4 Å². The van der Waals surface area contributed by atoms with Crippen LogP contribution in [-0.2, 0) is 9.47 Å². The van der Waals surface area contributed by atoms with Crippen molar-refractivity contribution in [1.82, 2.24) is 5.32 Å². The fraction of sp³-hybridized carbons (Fsp3) is 1.00. The van der Waals surface area contributed by atoms with Crippen LogP contribution in [0.2, 0.25) is 0 Å². The first kappa shape index (κ1) is 13.3. The zero-order valence-corrected chi connectivity index (χ0v) is 11.3. The Balaban J connectivity index is 2.03. The van der Waals surface area contributed by atoms with Crippen molar-refractivity contribution in [1.29, 1.82) is 0 Å². The number of nitrogens with one attached hydrogen (secondary N) is 1. The molecule has 1 N–H and O–H groups in total. The van der Waals surface area contributed by atoms with E-state index in [1.165, 1.54) is 32.1 Å². The van der Waals surface area contributed by atoms with Crippen molar-refractivity contribution in [2.45, 2.75) is 57.6 Å². The van der Waals surface area contributed by atoms with Crippen molar-refractivity contribution in [3.05, 3.63) is 0 Å². The molecule has 100 valence electrons. The molecule has 0 bridgehead atoms. The van der Waals surface area contributed by atoms with Gasteiger partial charge < -0.3 is 14.8 Å². The molecule has 2 aliphatic rings. The van der Waals surface area contributed by atoms with Crippen LogP contribution in [0.1, 0.15) is 46.0 Å². The van der Waals surface area contributed by atoms with Crippen LogP contribution in [0, 0.1) is 5.92 Å². The highest BCUT2D eigenvalue weighted by molar-refractivity contribution is 4.95. The fourth-order valence-corrected chi connectivity index (χ4v) is 3.35. The Kier molecular flexibility index (Phi) is 4.83. The van der Waals surface area contributed by atoms with Crippen LogP contribution in [0.15, 0.2) is 0 Å². The van der Waals surface area contributed by atoms with Gasteiger partial charge in [0.2, 0.25) is 0 Å². The molecular weight excluding hydrogens is 214 g/mol. The zero-order chi connectivity index (χ0) is 12.1. The Labute approximate surface area is 105 Å². The molecule has 2 unspecified atom stereocenters. The van der Waals surface area contributed by atoms with Gasteiger partial charge in [0, 0.05) is 25.9 Å². The molecule has 0 aromatic rings. The SMILES string of the molecule is CCNC(C1CCOCC1)C1(C)CCCCO1. The van der Waals surface area contributed by atoms with Crippen molar-refractivity contribution in [3.63, 3.8) is 0 Å². The van der Waals surface area contributed by atoms with E-state index >= 15 is 0 Å². The van der Waals surface area contributed by atoms with Gasteiger partial charge in [-0.05, 0) is 51.5 Å². The van der Waals surface area contributed by atoms with Crippen LogP contribution in [0.5, 0.6) is 0 Å². The highest BCUT2D eigenvalue weighted by Crippen LogP contribution is 2.34. The lowest BCUT2D eigenvalue weighted by Gasteiger charge is -2.45. The maximum absolute atomic E-state index is 6.13. The summed E-state index contributed by atoms with van der Waals surface area (Å²) in [4.78, 5) is 0. The molecular formula is C14H27NO2. The van der Waals surface area contributed by atoms with Crippen molar-refractivity contribution in [3.8, 4) is 0 Å². The molecule has 0 spiro atoms. The number of hydrogen-bond acceptors (Lipinski definition) is 3. The number of likely N-dealkylation sites (N-methyl/N-ethyl adjacent to an activating group) is 1. The van der Waals surface area contributed by atoms with E-state index in [0.29, 0.717) is 12.0 Å². The van der Waals surface area contributed by atoms with E-state index in [9.17, 15) is 0 Å². The molecule has 0 aromatic carbocycles. The number of ether oxygens (including phenoxy) is 2. The number of rotatable bonds is 4. The Bertz CT molecular complexity index is 220. The van der Waals surface area contributed by atoms with Gasteiger partial charge in [0.15, 0.2) is 0 Å². The number of hydrogen-bond donors (Lipinski definition) is 1. The lowest BCUT2D eigenvalue weighted by atomic mass is 9.78. The third-order valence-electron chi connectivity index (χ3n) is 4.32. The molecule has 17 heavy (non-hydrogen) atoms. The second kappa shape index (κ2) is 6.17. The predicted molar refractivity (Wildman–Crippen MR) is 69.2 cm³/mol. The summed E-state index contributed by atoms with van der Waals surface area (Å²) in [5.41, 5.74) is 0.0380. The summed E-state index contributed by atoms with van der Waals surface area (Å²) < 4.78 is 11.6. The molecule has 0 saturated carbocycles. The Hall–Kier alpha value is -0.120. The van der Waals surface area contributed by atoms with Crippen LogP contribution >= 0.6 is 0 Å². The molecule has 2 saturated heterocycles. The first-order valence-corrected chi connectivity index (χ1v) is 7.21. The lowest BCUT2D eigenvalue weighted by Crippen LogP contribution is -2.56. The first-order chi connectivity index (χ1) is 8.26. The Morgan fingerprint density at radius 2 is 2.00 bits per heavy atom. The maximum Gasteiger partial charge on any atom is 0.0809 e. The normalized spacial score (nSPS) is 33.5.